The van der Waals surface area contributed by atoms with E-state index in [4.69, 9.17) is 14.2 Å². The molecule has 0 saturated carbocycles. The Balaban J connectivity index is 1.65. The molecular formula is C22H23BrFN3O3. The summed E-state index contributed by atoms with van der Waals surface area (Å²) in [6.07, 6.45) is 3.60. The van der Waals surface area contributed by atoms with Crippen LogP contribution in [0, 0.1) is 11.7 Å². The minimum Gasteiger partial charge on any atom is -0.493 e. The maximum absolute atomic E-state index is 14.2. The predicted octanol–water partition coefficient (Wildman–Crippen LogP) is 5.10. The molecule has 0 amide bonds. The highest BCUT2D eigenvalue weighted by molar-refractivity contribution is 9.10. The van der Waals surface area contributed by atoms with Crippen LogP contribution in [0.15, 0.2) is 41.1 Å². The fraction of sp³-hybridized carbons (Fsp3) is 0.364. The largest absolute Gasteiger partial charge is 0.493 e. The number of aromatic nitrogens is 2. The molecule has 4 rings (SSSR count). The zero-order valence-corrected chi connectivity index (χ0v) is 18.4. The van der Waals surface area contributed by atoms with Gasteiger partial charge in [-0.25, -0.2) is 14.4 Å². The van der Waals surface area contributed by atoms with Gasteiger partial charge < -0.3 is 19.5 Å². The van der Waals surface area contributed by atoms with E-state index in [-0.39, 0.29) is 17.7 Å². The van der Waals surface area contributed by atoms with Gasteiger partial charge in [0.15, 0.2) is 23.1 Å². The third-order valence-corrected chi connectivity index (χ3v) is 5.84. The van der Waals surface area contributed by atoms with Crippen LogP contribution in [-0.4, -0.2) is 36.3 Å². The van der Waals surface area contributed by atoms with Gasteiger partial charge in [-0.05, 0) is 63.0 Å². The fourth-order valence-electron chi connectivity index (χ4n) is 3.65. The molecule has 1 unspecified atom stereocenters. The van der Waals surface area contributed by atoms with Crippen molar-refractivity contribution >= 4 is 26.8 Å². The number of piperidine rings is 1. The van der Waals surface area contributed by atoms with Crippen LogP contribution in [0.2, 0.25) is 0 Å². The van der Waals surface area contributed by atoms with Crippen molar-refractivity contribution in [2.75, 3.05) is 20.2 Å². The van der Waals surface area contributed by atoms with E-state index in [1.165, 1.54) is 12.4 Å². The zero-order valence-electron chi connectivity index (χ0n) is 16.8. The summed E-state index contributed by atoms with van der Waals surface area (Å²) in [5, 5.41) is 3.98. The molecule has 3 aromatic rings. The SMILES string of the molecule is COc1cc2c(Oc3ccc(Br)cc3F)ncnc2cc1OC(C)C1CCNCC1. The molecule has 1 saturated heterocycles. The van der Waals surface area contributed by atoms with Gasteiger partial charge in [-0.15, -0.1) is 0 Å². The van der Waals surface area contributed by atoms with Crippen molar-refractivity contribution in [1.29, 1.82) is 0 Å². The quantitative estimate of drug-likeness (QED) is 0.534. The van der Waals surface area contributed by atoms with Gasteiger partial charge in [0.25, 0.3) is 0 Å². The number of ether oxygens (including phenoxy) is 3. The lowest BCUT2D eigenvalue weighted by Gasteiger charge is -2.29. The lowest BCUT2D eigenvalue weighted by atomic mass is 9.93. The van der Waals surface area contributed by atoms with Gasteiger partial charge in [-0.3, -0.25) is 0 Å². The Labute approximate surface area is 182 Å². The van der Waals surface area contributed by atoms with Crippen molar-refractivity contribution < 1.29 is 18.6 Å². The number of fused-ring (bicyclic) bond motifs is 1. The zero-order chi connectivity index (χ0) is 21.1. The number of hydrogen-bond acceptors (Lipinski definition) is 6. The van der Waals surface area contributed by atoms with Crippen LogP contribution in [0.4, 0.5) is 4.39 Å². The van der Waals surface area contributed by atoms with E-state index in [0.29, 0.717) is 32.8 Å². The minimum atomic E-state index is -0.487. The van der Waals surface area contributed by atoms with Crippen LogP contribution < -0.4 is 19.5 Å². The first-order chi connectivity index (χ1) is 14.5. The molecule has 1 N–H and O–H groups in total. The number of methoxy groups -OCH3 is 1. The molecule has 2 heterocycles. The van der Waals surface area contributed by atoms with E-state index < -0.39 is 5.82 Å². The molecule has 158 valence electrons. The summed E-state index contributed by atoms with van der Waals surface area (Å²) < 4.78 is 32.4. The summed E-state index contributed by atoms with van der Waals surface area (Å²) in [5.74, 6) is 1.50. The van der Waals surface area contributed by atoms with Gasteiger partial charge >= 0.3 is 0 Å². The van der Waals surface area contributed by atoms with Crippen molar-refractivity contribution in [3.63, 3.8) is 0 Å². The van der Waals surface area contributed by atoms with Gasteiger partial charge in [-0.1, -0.05) is 15.9 Å². The minimum absolute atomic E-state index is 0.0490. The first kappa shape index (κ1) is 20.8. The molecule has 1 atom stereocenters. The molecule has 0 radical (unpaired) electrons. The smallest absolute Gasteiger partial charge is 0.230 e. The molecule has 1 aliphatic heterocycles. The number of nitrogens with zero attached hydrogens (tertiary/aromatic N) is 2. The molecule has 0 bridgehead atoms. The van der Waals surface area contributed by atoms with Gasteiger partial charge in [0, 0.05) is 10.5 Å². The third kappa shape index (κ3) is 4.49. The van der Waals surface area contributed by atoms with E-state index in [9.17, 15) is 4.39 Å². The predicted molar refractivity (Wildman–Crippen MR) is 116 cm³/mol. The Morgan fingerprint density at radius 2 is 1.90 bits per heavy atom. The van der Waals surface area contributed by atoms with Crippen LogP contribution in [-0.2, 0) is 0 Å². The third-order valence-electron chi connectivity index (χ3n) is 5.35. The van der Waals surface area contributed by atoms with Crippen molar-refractivity contribution in [3.8, 4) is 23.1 Å². The fourth-order valence-corrected chi connectivity index (χ4v) is 3.98. The molecule has 1 fully saturated rings. The molecule has 2 aromatic carbocycles. The Morgan fingerprint density at radius 3 is 2.63 bits per heavy atom. The molecule has 1 aliphatic rings. The molecule has 1 aromatic heterocycles. The van der Waals surface area contributed by atoms with Crippen molar-refractivity contribution in [3.05, 3.63) is 46.9 Å². The number of halogens is 2. The average molecular weight is 476 g/mol. The second-order valence-corrected chi connectivity index (χ2v) is 8.20. The maximum Gasteiger partial charge on any atom is 0.230 e. The molecule has 0 spiro atoms. The summed E-state index contributed by atoms with van der Waals surface area (Å²) in [5.41, 5.74) is 0.630. The second kappa shape index (κ2) is 9.14. The number of nitrogens with one attached hydrogen (secondary N) is 1. The first-order valence-corrected chi connectivity index (χ1v) is 10.7. The molecule has 6 nitrogen and oxygen atoms in total. The highest BCUT2D eigenvalue weighted by Crippen LogP contribution is 2.38. The molecule has 8 heteroatoms. The maximum atomic E-state index is 14.2. The molecule has 0 aliphatic carbocycles. The van der Waals surface area contributed by atoms with Gasteiger partial charge in [0.2, 0.25) is 5.88 Å². The van der Waals surface area contributed by atoms with Gasteiger partial charge in [-0.2, -0.15) is 0 Å². The van der Waals surface area contributed by atoms with E-state index in [2.05, 4.69) is 38.1 Å². The lowest BCUT2D eigenvalue weighted by molar-refractivity contribution is 0.124. The summed E-state index contributed by atoms with van der Waals surface area (Å²) in [4.78, 5) is 8.53. The van der Waals surface area contributed by atoms with Crippen molar-refractivity contribution in [2.24, 2.45) is 5.92 Å². The monoisotopic (exact) mass is 475 g/mol. The van der Waals surface area contributed by atoms with Crippen LogP contribution in [0.3, 0.4) is 0 Å². The molecular weight excluding hydrogens is 453 g/mol. The van der Waals surface area contributed by atoms with E-state index in [1.54, 1.807) is 25.3 Å². The van der Waals surface area contributed by atoms with Crippen LogP contribution in [0.1, 0.15) is 19.8 Å². The Kier molecular flexibility index (Phi) is 6.34. The normalized spacial score (nSPS) is 15.7. The highest BCUT2D eigenvalue weighted by Gasteiger charge is 2.23. The molecule has 30 heavy (non-hydrogen) atoms. The summed E-state index contributed by atoms with van der Waals surface area (Å²) >= 11 is 3.24. The van der Waals surface area contributed by atoms with Crippen LogP contribution in [0.5, 0.6) is 23.1 Å². The van der Waals surface area contributed by atoms with Crippen LogP contribution in [0.25, 0.3) is 10.9 Å². The first-order valence-electron chi connectivity index (χ1n) is 9.88. The summed E-state index contributed by atoms with van der Waals surface area (Å²) in [7, 11) is 1.59. The number of hydrogen-bond donors (Lipinski definition) is 1. The van der Waals surface area contributed by atoms with Crippen molar-refractivity contribution in [2.45, 2.75) is 25.9 Å². The average Bonchev–Trinajstić information content (AvgIpc) is 2.76. The van der Waals surface area contributed by atoms with Crippen molar-refractivity contribution in [1.82, 2.24) is 15.3 Å². The second-order valence-electron chi connectivity index (χ2n) is 7.29. The van der Waals surface area contributed by atoms with Gasteiger partial charge in [0.1, 0.15) is 6.33 Å². The standard InChI is InChI=1S/C22H23BrFN3O3/c1-13(14-5-7-25-8-6-14)29-21-11-18-16(10-20(21)28-2)22(27-12-26-18)30-19-4-3-15(23)9-17(19)24/h3-4,9-14,25H,5-8H2,1-2H3. The van der Waals surface area contributed by atoms with E-state index >= 15 is 0 Å². The van der Waals surface area contributed by atoms with E-state index in [1.807, 2.05) is 6.07 Å². The Morgan fingerprint density at radius 1 is 1.10 bits per heavy atom. The summed E-state index contributed by atoms with van der Waals surface area (Å²) in [6, 6.07) is 8.18. The Hall–Kier alpha value is -2.45. The summed E-state index contributed by atoms with van der Waals surface area (Å²) in [6.45, 7) is 4.10. The van der Waals surface area contributed by atoms with Gasteiger partial charge in [0.05, 0.1) is 24.1 Å². The lowest BCUT2D eigenvalue weighted by Crippen LogP contribution is -2.35. The number of benzene rings is 2. The van der Waals surface area contributed by atoms with E-state index in [0.717, 1.165) is 25.9 Å². The van der Waals surface area contributed by atoms with Crippen LogP contribution >= 0.6 is 15.9 Å². The highest BCUT2D eigenvalue weighted by atomic mass is 79.9. The number of rotatable bonds is 6. The Bertz CT molecular complexity index is 1040. The topological polar surface area (TPSA) is 65.5 Å².